The first-order valence-corrected chi connectivity index (χ1v) is 7.88. The molecule has 0 aliphatic heterocycles. The molecule has 0 aliphatic carbocycles. The van der Waals surface area contributed by atoms with Gasteiger partial charge in [-0.3, -0.25) is 4.57 Å². The lowest BCUT2D eigenvalue weighted by atomic mass is 10.2. The first-order valence-electron chi connectivity index (χ1n) is 6.29. The Morgan fingerprint density at radius 2 is 1.90 bits per heavy atom. The van der Waals surface area contributed by atoms with E-state index in [1.165, 1.54) is 0 Å². The van der Waals surface area contributed by atoms with Gasteiger partial charge in [0.05, 0.1) is 28.3 Å². The summed E-state index contributed by atoms with van der Waals surface area (Å²) in [6.07, 6.45) is 0. The zero-order valence-electron chi connectivity index (χ0n) is 11.5. The topological polar surface area (TPSA) is 53.1 Å². The highest BCUT2D eigenvalue weighted by Gasteiger charge is 2.15. The molecule has 3 aromatic rings. The number of nitrogens with zero attached hydrogens (tertiary/aromatic N) is 2. The minimum absolute atomic E-state index is 0.445. The van der Waals surface area contributed by atoms with Crippen LogP contribution in [0.4, 0.5) is 5.95 Å². The Hall–Kier alpha value is -1.53. The van der Waals surface area contributed by atoms with Gasteiger partial charge in [-0.15, -0.1) is 0 Å². The Kier molecular flexibility index (Phi) is 3.67. The molecule has 0 bridgehead atoms. The van der Waals surface area contributed by atoms with Gasteiger partial charge >= 0.3 is 0 Å². The largest absolute Gasteiger partial charge is 0.495 e. The number of imidazole rings is 1. The Morgan fingerprint density at radius 3 is 2.62 bits per heavy atom. The Bertz CT molecular complexity index is 843. The van der Waals surface area contributed by atoms with Crippen molar-refractivity contribution in [3.63, 3.8) is 0 Å². The lowest BCUT2D eigenvalue weighted by Crippen LogP contribution is -2.02. The maximum Gasteiger partial charge on any atom is 0.205 e. The van der Waals surface area contributed by atoms with Crippen LogP contribution < -0.4 is 10.5 Å². The van der Waals surface area contributed by atoms with Crippen LogP contribution in [0.15, 0.2) is 39.3 Å². The van der Waals surface area contributed by atoms with Crippen LogP contribution in [0.25, 0.3) is 16.7 Å². The molecular formula is C15H13Br2N3O. The number of nitrogens with two attached hydrogens (primary N) is 1. The first-order chi connectivity index (χ1) is 10.0. The van der Waals surface area contributed by atoms with Crippen molar-refractivity contribution in [2.24, 2.45) is 0 Å². The minimum atomic E-state index is 0.445. The second-order valence-corrected chi connectivity index (χ2v) is 6.44. The zero-order valence-corrected chi connectivity index (χ0v) is 14.7. The Balaban J connectivity index is 2.32. The standard InChI is InChI=1S/C15H13Br2N3O/c1-8-3-4-12-11(5-8)19-15(18)20(12)13-7-14(21-2)10(17)6-9(13)16/h3-7H,1-2H3,(H2,18,19). The molecule has 0 unspecified atom stereocenters. The van der Waals surface area contributed by atoms with Crippen LogP contribution in [0.2, 0.25) is 0 Å². The summed E-state index contributed by atoms with van der Waals surface area (Å²) >= 11 is 7.05. The Morgan fingerprint density at radius 1 is 1.14 bits per heavy atom. The highest BCUT2D eigenvalue weighted by molar-refractivity contribution is 9.11. The summed E-state index contributed by atoms with van der Waals surface area (Å²) in [5.41, 5.74) is 9.99. The van der Waals surface area contributed by atoms with Gasteiger partial charge in [-0.05, 0) is 62.5 Å². The average molecular weight is 411 g/mol. The van der Waals surface area contributed by atoms with E-state index < -0.39 is 0 Å². The van der Waals surface area contributed by atoms with Crippen molar-refractivity contribution in [2.75, 3.05) is 12.8 Å². The SMILES string of the molecule is COc1cc(-n2c(N)nc3cc(C)ccc32)c(Br)cc1Br. The van der Waals surface area contributed by atoms with Crippen molar-refractivity contribution in [1.82, 2.24) is 9.55 Å². The number of hydrogen-bond acceptors (Lipinski definition) is 3. The molecule has 2 N–H and O–H groups in total. The predicted octanol–water partition coefficient (Wildman–Crippen LogP) is 4.45. The summed E-state index contributed by atoms with van der Waals surface area (Å²) in [7, 11) is 1.64. The van der Waals surface area contributed by atoms with E-state index in [-0.39, 0.29) is 0 Å². The lowest BCUT2D eigenvalue weighted by Gasteiger charge is -2.12. The zero-order chi connectivity index (χ0) is 15.1. The fourth-order valence-electron chi connectivity index (χ4n) is 2.31. The third-order valence-corrected chi connectivity index (χ3v) is 4.55. The molecule has 0 saturated carbocycles. The molecule has 0 amide bonds. The molecule has 3 rings (SSSR count). The molecule has 2 aromatic carbocycles. The van der Waals surface area contributed by atoms with Gasteiger partial charge < -0.3 is 10.5 Å². The molecule has 1 heterocycles. The van der Waals surface area contributed by atoms with Crippen molar-refractivity contribution < 1.29 is 4.74 Å². The molecule has 0 fully saturated rings. The number of ether oxygens (including phenoxy) is 1. The normalized spacial score (nSPS) is 11.0. The van der Waals surface area contributed by atoms with Crippen molar-refractivity contribution in [1.29, 1.82) is 0 Å². The van der Waals surface area contributed by atoms with E-state index in [0.717, 1.165) is 37.0 Å². The van der Waals surface area contributed by atoms with Crippen LogP contribution in [0.3, 0.4) is 0 Å². The van der Waals surface area contributed by atoms with Gasteiger partial charge in [0.1, 0.15) is 5.75 Å². The number of rotatable bonds is 2. The second-order valence-electron chi connectivity index (χ2n) is 4.74. The van der Waals surface area contributed by atoms with Crippen LogP contribution in [-0.4, -0.2) is 16.7 Å². The van der Waals surface area contributed by atoms with E-state index in [9.17, 15) is 0 Å². The summed E-state index contributed by atoms with van der Waals surface area (Å²) in [5, 5.41) is 0. The van der Waals surface area contributed by atoms with E-state index in [2.05, 4.69) is 36.8 Å². The molecule has 0 spiro atoms. The number of aryl methyl sites for hydroxylation is 1. The highest BCUT2D eigenvalue weighted by Crippen LogP contribution is 2.36. The van der Waals surface area contributed by atoms with E-state index in [0.29, 0.717) is 5.95 Å². The van der Waals surface area contributed by atoms with E-state index >= 15 is 0 Å². The molecule has 108 valence electrons. The van der Waals surface area contributed by atoms with Crippen molar-refractivity contribution in [3.05, 3.63) is 44.8 Å². The van der Waals surface area contributed by atoms with Crippen molar-refractivity contribution >= 4 is 48.8 Å². The summed E-state index contributed by atoms with van der Waals surface area (Å²) in [6, 6.07) is 9.95. The number of benzene rings is 2. The second kappa shape index (κ2) is 5.35. The lowest BCUT2D eigenvalue weighted by molar-refractivity contribution is 0.412. The quantitative estimate of drug-likeness (QED) is 0.678. The molecule has 0 aliphatic rings. The number of halogens is 2. The maximum absolute atomic E-state index is 6.11. The maximum atomic E-state index is 6.11. The molecule has 0 saturated heterocycles. The molecule has 1 aromatic heterocycles. The van der Waals surface area contributed by atoms with Crippen molar-refractivity contribution in [3.8, 4) is 11.4 Å². The third kappa shape index (κ3) is 2.42. The molecule has 21 heavy (non-hydrogen) atoms. The number of aromatic nitrogens is 2. The summed E-state index contributed by atoms with van der Waals surface area (Å²) in [4.78, 5) is 4.44. The molecule has 6 heteroatoms. The third-order valence-electron chi connectivity index (χ3n) is 3.30. The number of fused-ring (bicyclic) bond motifs is 1. The molecule has 4 nitrogen and oxygen atoms in total. The van der Waals surface area contributed by atoms with Gasteiger partial charge in [-0.1, -0.05) is 6.07 Å². The van der Waals surface area contributed by atoms with Crippen LogP contribution >= 0.6 is 31.9 Å². The predicted molar refractivity (Wildman–Crippen MR) is 92.2 cm³/mol. The van der Waals surface area contributed by atoms with Crippen molar-refractivity contribution in [2.45, 2.75) is 6.92 Å². The monoisotopic (exact) mass is 409 g/mol. The number of anilines is 1. The fraction of sp³-hybridized carbons (Fsp3) is 0.133. The summed E-state index contributed by atoms with van der Waals surface area (Å²) < 4.78 is 9.06. The van der Waals surface area contributed by atoms with Gasteiger partial charge in [-0.25, -0.2) is 4.98 Å². The fourth-order valence-corrected chi connectivity index (χ4v) is 3.64. The molecule has 0 radical (unpaired) electrons. The van der Waals surface area contributed by atoms with Crippen LogP contribution in [-0.2, 0) is 0 Å². The van der Waals surface area contributed by atoms with Crippen LogP contribution in [0, 0.1) is 6.92 Å². The minimum Gasteiger partial charge on any atom is -0.495 e. The summed E-state index contributed by atoms with van der Waals surface area (Å²) in [5.74, 6) is 1.18. The first kappa shape index (κ1) is 14.4. The van der Waals surface area contributed by atoms with E-state index in [1.54, 1.807) is 7.11 Å². The van der Waals surface area contributed by atoms with Gasteiger partial charge in [0, 0.05) is 10.5 Å². The smallest absolute Gasteiger partial charge is 0.205 e. The molecular weight excluding hydrogens is 398 g/mol. The van der Waals surface area contributed by atoms with E-state index in [1.807, 2.05) is 41.8 Å². The van der Waals surface area contributed by atoms with E-state index in [4.69, 9.17) is 10.5 Å². The van der Waals surface area contributed by atoms with Crippen LogP contribution in [0.1, 0.15) is 5.56 Å². The average Bonchev–Trinajstić information content (AvgIpc) is 2.74. The van der Waals surface area contributed by atoms with Gasteiger partial charge in [-0.2, -0.15) is 0 Å². The number of nitrogen functional groups attached to an aromatic ring is 1. The summed E-state index contributed by atoms with van der Waals surface area (Å²) in [6.45, 7) is 2.03. The highest BCUT2D eigenvalue weighted by atomic mass is 79.9. The van der Waals surface area contributed by atoms with Crippen LogP contribution in [0.5, 0.6) is 5.75 Å². The number of methoxy groups -OCH3 is 1. The van der Waals surface area contributed by atoms with Gasteiger partial charge in [0.2, 0.25) is 5.95 Å². The van der Waals surface area contributed by atoms with Gasteiger partial charge in [0.15, 0.2) is 0 Å². The Labute approximate surface area is 139 Å². The molecule has 0 atom stereocenters. The van der Waals surface area contributed by atoms with Gasteiger partial charge in [0.25, 0.3) is 0 Å². The number of hydrogen-bond donors (Lipinski definition) is 1.